The molecule has 28 heavy (non-hydrogen) atoms. The number of phenols is 1. The van der Waals surface area contributed by atoms with Crippen molar-refractivity contribution in [1.29, 1.82) is 0 Å². The second-order valence-corrected chi connectivity index (χ2v) is 6.00. The minimum absolute atomic E-state index is 0.0188. The Hall–Kier alpha value is -2.98. The third kappa shape index (κ3) is 4.65. The Balaban J connectivity index is 2.47. The highest BCUT2D eigenvalue weighted by Crippen LogP contribution is 2.37. The number of aromatic hydroxyl groups is 1. The van der Waals surface area contributed by atoms with Crippen molar-refractivity contribution in [3.05, 3.63) is 53.1 Å². The van der Waals surface area contributed by atoms with Gasteiger partial charge in [-0.05, 0) is 42.3 Å². The molecule has 5 N–H and O–H groups in total. The van der Waals surface area contributed by atoms with E-state index in [0.29, 0.717) is 27.8 Å². The number of nitrogens with zero attached hydrogens (tertiary/aromatic N) is 2. The number of aryl methyl sites for hydroxylation is 1. The molecule has 0 aliphatic heterocycles. The number of rotatable bonds is 5. The maximum absolute atomic E-state index is 13.5. The van der Waals surface area contributed by atoms with Gasteiger partial charge in [0.05, 0.1) is 11.3 Å². The fourth-order valence-corrected chi connectivity index (χ4v) is 2.62. The molecule has 0 atom stereocenters. The highest BCUT2D eigenvalue weighted by atomic mass is 19.4. The van der Waals surface area contributed by atoms with E-state index in [1.54, 1.807) is 0 Å². The van der Waals surface area contributed by atoms with Crippen LogP contribution in [0.4, 0.5) is 23.7 Å². The lowest BCUT2D eigenvalue weighted by atomic mass is 10.0. The first-order valence-electron chi connectivity index (χ1n) is 8.27. The summed E-state index contributed by atoms with van der Waals surface area (Å²) in [5.41, 5.74) is -0.866. The van der Waals surface area contributed by atoms with Crippen LogP contribution in [0, 0.1) is 0 Å². The third-order valence-corrected chi connectivity index (χ3v) is 4.02. The van der Waals surface area contributed by atoms with E-state index in [4.69, 9.17) is 16.4 Å². The second-order valence-electron chi connectivity index (χ2n) is 6.00. The van der Waals surface area contributed by atoms with Crippen LogP contribution in [0.2, 0.25) is 0 Å². The van der Waals surface area contributed by atoms with E-state index in [2.05, 4.69) is 0 Å². The number of alkyl halides is 3. The molecule has 7 nitrogen and oxygen atoms in total. The van der Waals surface area contributed by atoms with Crippen LogP contribution >= 0.6 is 0 Å². The predicted octanol–water partition coefficient (Wildman–Crippen LogP) is 3.16. The average molecular weight is 398 g/mol. The highest BCUT2D eigenvalue weighted by molar-refractivity contribution is 5.91. The van der Waals surface area contributed by atoms with Crippen LogP contribution in [0.15, 0.2) is 36.4 Å². The fourth-order valence-electron chi connectivity index (χ4n) is 2.62. The van der Waals surface area contributed by atoms with E-state index < -0.39 is 24.4 Å². The van der Waals surface area contributed by atoms with Gasteiger partial charge in [0.15, 0.2) is 0 Å². The number of nitrogens with two attached hydrogens (primary N) is 2. The van der Waals surface area contributed by atoms with Gasteiger partial charge in [-0.1, -0.05) is 13.0 Å². The number of hydrogen-bond acceptors (Lipinski definition) is 5. The number of carbonyl (C=O) groups excluding carboxylic acids is 1. The Labute approximate surface area is 159 Å². The number of halogens is 3. The summed E-state index contributed by atoms with van der Waals surface area (Å²) in [5.74, 6) is 11.4. The van der Waals surface area contributed by atoms with Gasteiger partial charge >= 0.3 is 12.2 Å². The van der Waals surface area contributed by atoms with Crippen LogP contribution in [0.3, 0.4) is 0 Å². The minimum atomic E-state index is -4.68. The molecule has 0 bridgehead atoms. The van der Waals surface area contributed by atoms with Gasteiger partial charge in [0.1, 0.15) is 18.1 Å². The van der Waals surface area contributed by atoms with Crippen molar-refractivity contribution in [2.24, 2.45) is 11.7 Å². The van der Waals surface area contributed by atoms with Crippen molar-refractivity contribution < 1.29 is 27.8 Å². The molecule has 0 heterocycles. The molecule has 0 aliphatic rings. The van der Waals surface area contributed by atoms with Crippen molar-refractivity contribution in [3.8, 4) is 11.5 Å². The van der Waals surface area contributed by atoms with Gasteiger partial charge in [-0.2, -0.15) is 13.2 Å². The Kier molecular flexibility index (Phi) is 6.37. The zero-order chi connectivity index (χ0) is 21.1. The van der Waals surface area contributed by atoms with Crippen LogP contribution in [-0.4, -0.2) is 23.2 Å². The van der Waals surface area contributed by atoms with Gasteiger partial charge in [-0.15, -0.1) is 0 Å². The summed E-state index contributed by atoms with van der Waals surface area (Å²) < 4.78 is 46.1. The largest absolute Gasteiger partial charge is 0.508 e. The van der Waals surface area contributed by atoms with Gasteiger partial charge in [0.2, 0.25) is 0 Å². The molecule has 0 radical (unpaired) electrons. The molecule has 0 unspecified atom stereocenters. The summed E-state index contributed by atoms with van der Waals surface area (Å²) in [6.45, 7) is 1.31. The van der Waals surface area contributed by atoms with Crippen molar-refractivity contribution in [1.82, 2.24) is 5.01 Å². The van der Waals surface area contributed by atoms with Gasteiger partial charge in [-0.25, -0.2) is 21.5 Å². The summed E-state index contributed by atoms with van der Waals surface area (Å²) in [7, 11) is 1.22. The molecule has 2 amide bonds. The number of urea groups is 1. The SMILES string of the molecule is CCc1cc(O)ccc1OCc1c(N(N)C(=O)N(C)N)cccc1C(F)(F)F. The number of benzene rings is 2. The Morgan fingerprint density at radius 3 is 2.46 bits per heavy atom. The molecule has 10 heteroatoms. The molecule has 0 saturated heterocycles. The first-order chi connectivity index (χ1) is 13.1. The summed E-state index contributed by atoms with van der Waals surface area (Å²) in [5, 5.41) is 10.7. The van der Waals surface area contributed by atoms with Crippen LogP contribution in [0.1, 0.15) is 23.6 Å². The van der Waals surface area contributed by atoms with Gasteiger partial charge in [-0.3, -0.25) is 5.01 Å². The minimum Gasteiger partial charge on any atom is -0.508 e. The Morgan fingerprint density at radius 1 is 1.21 bits per heavy atom. The quantitative estimate of drug-likeness (QED) is 0.408. The lowest BCUT2D eigenvalue weighted by Crippen LogP contribution is -2.49. The normalized spacial score (nSPS) is 11.2. The second kappa shape index (κ2) is 8.36. The fraction of sp³-hybridized carbons (Fsp3) is 0.278. The zero-order valence-electron chi connectivity index (χ0n) is 15.3. The number of hydrogen-bond donors (Lipinski definition) is 3. The predicted molar refractivity (Wildman–Crippen MR) is 97.3 cm³/mol. The standard InChI is InChI=1S/C18H21F3N4O3/c1-3-11-9-12(26)7-8-16(11)28-10-13-14(18(19,20)21)5-4-6-15(13)25(23)17(27)24(2)22/h4-9,26H,3,10,22-23H2,1-2H3. The molecule has 2 aromatic rings. The maximum Gasteiger partial charge on any atom is 0.416 e. The van der Waals surface area contributed by atoms with E-state index in [1.807, 2.05) is 6.92 Å². The molecule has 0 fully saturated rings. The summed E-state index contributed by atoms with van der Waals surface area (Å²) >= 11 is 0. The molecular formula is C18H21F3N4O3. The van der Waals surface area contributed by atoms with Crippen LogP contribution < -0.4 is 21.4 Å². The van der Waals surface area contributed by atoms with E-state index in [-0.39, 0.29) is 17.0 Å². The van der Waals surface area contributed by atoms with Crippen LogP contribution in [-0.2, 0) is 19.2 Å². The van der Waals surface area contributed by atoms with Crippen LogP contribution in [0.5, 0.6) is 11.5 Å². The smallest absolute Gasteiger partial charge is 0.416 e. The van der Waals surface area contributed by atoms with E-state index in [0.717, 1.165) is 12.1 Å². The number of anilines is 1. The molecular weight excluding hydrogens is 377 g/mol. The van der Waals surface area contributed by atoms with Gasteiger partial charge in [0.25, 0.3) is 0 Å². The van der Waals surface area contributed by atoms with Gasteiger partial charge < -0.3 is 9.84 Å². The highest BCUT2D eigenvalue weighted by Gasteiger charge is 2.35. The molecule has 0 aromatic heterocycles. The number of amides is 2. The number of carbonyl (C=O) groups is 1. The maximum atomic E-state index is 13.5. The first kappa shape index (κ1) is 21.3. The van der Waals surface area contributed by atoms with Crippen molar-refractivity contribution in [3.63, 3.8) is 0 Å². The zero-order valence-corrected chi connectivity index (χ0v) is 15.3. The summed E-state index contributed by atoms with van der Waals surface area (Å²) in [4.78, 5) is 12.0. The lowest BCUT2D eigenvalue weighted by Gasteiger charge is -2.25. The van der Waals surface area contributed by atoms with E-state index >= 15 is 0 Å². The van der Waals surface area contributed by atoms with Crippen molar-refractivity contribution in [2.45, 2.75) is 26.1 Å². The molecule has 0 aliphatic carbocycles. The molecule has 0 saturated carbocycles. The summed E-state index contributed by atoms with van der Waals surface area (Å²) in [6, 6.07) is 6.68. The molecule has 2 aromatic carbocycles. The molecule has 0 spiro atoms. The summed E-state index contributed by atoms with van der Waals surface area (Å²) in [6.07, 6.45) is -4.19. The molecule has 152 valence electrons. The van der Waals surface area contributed by atoms with E-state index in [1.165, 1.54) is 31.3 Å². The van der Waals surface area contributed by atoms with E-state index in [9.17, 15) is 23.1 Å². The Bertz CT molecular complexity index is 856. The number of phenolic OH excluding ortho intramolecular Hbond substituents is 1. The van der Waals surface area contributed by atoms with Gasteiger partial charge in [0, 0.05) is 12.6 Å². The lowest BCUT2D eigenvalue weighted by molar-refractivity contribution is -0.138. The number of ether oxygens (including phenoxy) is 1. The Morgan fingerprint density at radius 2 is 1.89 bits per heavy atom. The van der Waals surface area contributed by atoms with Crippen LogP contribution in [0.25, 0.3) is 0 Å². The third-order valence-electron chi connectivity index (χ3n) is 4.02. The number of hydrazine groups is 2. The first-order valence-corrected chi connectivity index (χ1v) is 8.27. The topological polar surface area (TPSA) is 105 Å². The average Bonchev–Trinajstić information content (AvgIpc) is 2.64. The monoisotopic (exact) mass is 398 g/mol. The molecule has 2 rings (SSSR count). The van der Waals surface area contributed by atoms with Crippen molar-refractivity contribution in [2.75, 3.05) is 12.1 Å². The van der Waals surface area contributed by atoms with Crippen molar-refractivity contribution >= 4 is 11.7 Å².